The zero-order valence-electron chi connectivity index (χ0n) is 14.4. The maximum absolute atomic E-state index is 11.5. The average Bonchev–Trinajstić information content (AvgIpc) is 3.07. The van der Waals surface area contributed by atoms with Gasteiger partial charge in [0.05, 0.1) is 11.6 Å². The Labute approximate surface area is 161 Å². The molecule has 4 rings (SSSR count). The van der Waals surface area contributed by atoms with Crippen molar-refractivity contribution in [3.63, 3.8) is 0 Å². The van der Waals surface area contributed by atoms with Crippen molar-refractivity contribution in [2.75, 3.05) is 6.54 Å². The second-order valence-corrected chi connectivity index (χ2v) is 6.82. The van der Waals surface area contributed by atoms with Gasteiger partial charge in [-0.05, 0) is 28.8 Å². The number of nitro groups is 1. The van der Waals surface area contributed by atoms with Gasteiger partial charge in [-0.2, -0.15) is 0 Å². The van der Waals surface area contributed by atoms with Gasteiger partial charge in [0.2, 0.25) is 6.54 Å². The first-order chi connectivity index (χ1) is 13.1. The van der Waals surface area contributed by atoms with Crippen LogP contribution in [-0.4, -0.2) is 16.5 Å². The molecule has 4 aromatic rings. The zero-order valence-corrected chi connectivity index (χ0v) is 15.2. The normalized spacial score (nSPS) is 12.2. The molecule has 1 N–H and O–H groups in total. The van der Waals surface area contributed by atoms with E-state index in [0.717, 1.165) is 33.3 Å². The quantitative estimate of drug-likeness (QED) is 0.348. The lowest BCUT2D eigenvalue weighted by Crippen LogP contribution is -2.15. The fourth-order valence-electron chi connectivity index (χ4n) is 3.61. The largest absolute Gasteiger partial charge is 0.354 e. The SMILES string of the molecule is O=[N+]([O-])CC(c1ccccc1Cl)c1c(-c2ccccc2)[nH]c2ccccc12. The van der Waals surface area contributed by atoms with Gasteiger partial charge >= 0.3 is 0 Å². The van der Waals surface area contributed by atoms with Crippen LogP contribution in [-0.2, 0) is 0 Å². The van der Waals surface area contributed by atoms with Crippen LogP contribution >= 0.6 is 11.6 Å². The molecule has 134 valence electrons. The standard InChI is InChI=1S/C22H17ClN2O2/c23-19-12-6-4-10-16(19)18(14-25(26)27)21-17-11-5-7-13-20(17)24-22(21)15-8-2-1-3-9-15/h1-13,18,24H,14H2. The molecule has 27 heavy (non-hydrogen) atoms. The van der Waals surface area contributed by atoms with Crippen LogP contribution in [0.2, 0.25) is 5.02 Å². The first kappa shape index (κ1) is 17.3. The van der Waals surface area contributed by atoms with Gasteiger partial charge in [-0.15, -0.1) is 0 Å². The number of hydrogen-bond donors (Lipinski definition) is 1. The predicted octanol–water partition coefficient (Wildman–Crippen LogP) is 5.90. The molecule has 4 nitrogen and oxygen atoms in total. The van der Waals surface area contributed by atoms with Crippen molar-refractivity contribution in [3.05, 3.63) is 105 Å². The van der Waals surface area contributed by atoms with Crippen molar-refractivity contribution >= 4 is 22.5 Å². The Bertz CT molecular complexity index is 1110. The molecule has 0 aliphatic heterocycles. The second-order valence-electron chi connectivity index (χ2n) is 6.41. The monoisotopic (exact) mass is 376 g/mol. The lowest BCUT2D eigenvalue weighted by atomic mass is 9.87. The van der Waals surface area contributed by atoms with Crippen molar-refractivity contribution in [1.82, 2.24) is 4.98 Å². The Morgan fingerprint density at radius 3 is 2.33 bits per heavy atom. The van der Waals surface area contributed by atoms with Crippen molar-refractivity contribution in [1.29, 1.82) is 0 Å². The number of nitrogens with one attached hydrogen (secondary N) is 1. The van der Waals surface area contributed by atoms with Crippen LogP contribution in [0, 0.1) is 10.1 Å². The van der Waals surface area contributed by atoms with Crippen LogP contribution in [0.25, 0.3) is 22.2 Å². The minimum atomic E-state index is -0.458. The number of rotatable bonds is 5. The third kappa shape index (κ3) is 3.32. The van der Waals surface area contributed by atoms with Gasteiger partial charge in [-0.25, -0.2) is 0 Å². The Morgan fingerprint density at radius 1 is 0.926 bits per heavy atom. The highest BCUT2D eigenvalue weighted by atomic mass is 35.5. The summed E-state index contributed by atoms with van der Waals surface area (Å²) in [5.41, 5.74) is 4.50. The molecule has 0 aliphatic rings. The highest BCUT2D eigenvalue weighted by Gasteiger charge is 2.28. The third-order valence-corrected chi connectivity index (χ3v) is 5.11. The highest BCUT2D eigenvalue weighted by molar-refractivity contribution is 6.31. The summed E-state index contributed by atoms with van der Waals surface area (Å²) in [4.78, 5) is 14.7. The molecule has 0 amide bonds. The average molecular weight is 377 g/mol. The summed E-state index contributed by atoms with van der Waals surface area (Å²) in [5.74, 6) is -0.458. The van der Waals surface area contributed by atoms with E-state index in [9.17, 15) is 10.1 Å². The van der Waals surface area contributed by atoms with Gasteiger partial charge in [-0.1, -0.05) is 78.3 Å². The number of nitrogens with zero attached hydrogens (tertiary/aromatic N) is 1. The number of aromatic amines is 1. The van der Waals surface area contributed by atoms with Gasteiger partial charge in [0, 0.05) is 20.8 Å². The molecule has 0 saturated carbocycles. The highest BCUT2D eigenvalue weighted by Crippen LogP contribution is 2.40. The van der Waals surface area contributed by atoms with E-state index in [-0.39, 0.29) is 11.5 Å². The molecular weight excluding hydrogens is 360 g/mol. The van der Waals surface area contributed by atoms with Crippen LogP contribution in [0.1, 0.15) is 17.0 Å². The van der Waals surface area contributed by atoms with Gasteiger partial charge in [-0.3, -0.25) is 10.1 Å². The van der Waals surface area contributed by atoms with Crippen LogP contribution in [0.15, 0.2) is 78.9 Å². The first-order valence-electron chi connectivity index (χ1n) is 8.67. The fraction of sp³-hybridized carbons (Fsp3) is 0.0909. The first-order valence-corrected chi connectivity index (χ1v) is 9.05. The molecule has 0 radical (unpaired) electrons. The summed E-state index contributed by atoms with van der Waals surface area (Å²) in [6, 6.07) is 25.1. The van der Waals surface area contributed by atoms with Gasteiger partial charge < -0.3 is 4.98 Å². The summed E-state index contributed by atoms with van der Waals surface area (Å²) in [5, 5.41) is 13.0. The molecule has 1 atom stereocenters. The third-order valence-electron chi connectivity index (χ3n) is 4.77. The molecule has 1 aromatic heterocycles. The predicted molar refractivity (Wildman–Crippen MR) is 109 cm³/mol. The molecule has 5 heteroatoms. The Kier molecular flexibility index (Phi) is 4.65. The summed E-state index contributed by atoms with van der Waals surface area (Å²) in [6.07, 6.45) is 0. The van der Waals surface area contributed by atoms with Crippen molar-refractivity contribution in [2.45, 2.75) is 5.92 Å². The molecule has 3 aromatic carbocycles. The van der Waals surface area contributed by atoms with E-state index in [4.69, 9.17) is 11.6 Å². The van der Waals surface area contributed by atoms with Crippen LogP contribution in [0.3, 0.4) is 0 Å². The molecule has 1 unspecified atom stereocenters. The van der Waals surface area contributed by atoms with Crippen LogP contribution < -0.4 is 0 Å². The molecular formula is C22H17ClN2O2. The van der Waals surface area contributed by atoms with E-state index in [1.54, 1.807) is 6.07 Å². The number of halogens is 1. The number of H-pyrrole nitrogens is 1. The Hall–Kier alpha value is -3.11. The number of para-hydroxylation sites is 1. The maximum Gasteiger partial charge on any atom is 0.214 e. The fourth-order valence-corrected chi connectivity index (χ4v) is 3.88. The summed E-state index contributed by atoms with van der Waals surface area (Å²) >= 11 is 6.44. The Balaban J connectivity index is 2.02. The van der Waals surface area contributed by atoms with E-state index < -0.39 is 5.92 Å². The summed E-state index contributed by atoms with van der Waals surface area (Å²) in [6.45, 7) is -0.231. The lowest BCUT2D eigenvalue weighted by molar-refractivity contribution is -0.481. The molecule has 0 bridgehead atoms. The van der Waals surface area contributed by atoms with Crippen LogP contribution in [0.5, 0.6) is 0 Å². The molecule has 1 heterocycles. The minimum Gasteiger partial charge on any atom is -0.354 e. The maximum atomic E-state index is 11.5. The van der Waals surface area contributed by atoms with Gasteiger partial charge in [0.1, 0.15) is 0 Å². The Morgan fingerprint density at radius 2 is 1.59 bits per heavy atom. The topological polar surface area (TPSA) is 58.9 Å². The lowest BCUT2D eigenvalue weighted by Gasteiger charge is -2.17. The number of fused-ring (bicyclic) bond motifs is 1. The molecule has 0 spiro atoms. The minimum absolute atomic E-state index is 0.231. The van der Waals surface area contributed by atoms with Crippen molar-refractivity contribution in [3.8, 4) is 11.3 Å². The van der Waals surface area contributed by atoms with E-state index in [1.807, 2.05) is 72.8 Å². The number of hydrogen-bond acceptors (Lipinski definition) is 2. The van der Waals surface area contributed by atoms with E-state index in [1.165, 1.54) is 0 Å². The van der Waals surface area contributed by atoms with Crippen LogP contribution in [0.4, 0.5) is 0 Å². The summed E-state index contributed by atoms with van der Waals surface area (Å²) < 4.78 is 0. The number of aromatic nitrogens is 1. The summed E-state index contributed by atoms with van der Waals surface area (Å²) in [7, 11) is 0. The van der Waals surface area contributed by atoms with Crippen molar-refractivity contribution < 1.29 is 4.92 Å². The van der Waals surface area contributed by atoms with Gasteiger partial charge in [0.25, 0.3) is 0 Å². The van der Waals surface area contributed by atoms with Crippen molar-refractivity contribution in [2.24, 2.45) is 0 Å². The van der Waals surface area contributed by atoms with E-state index in [2.05, 4.69) is 4.98 Å². The van der Waals surface area contributed by atoms with Gasteiger partial charge in [0.15, 0.2) is 0 Å². The van der Waals surface area contributed by atoms with E-state index >= 15 is 0 Å². The molecule has 0 aliphatic carbocycles. The van der Waals surface area contributed by atoms with E-state index in [0.29, 0.717) is 5.02 Å². The zero-order chi connectivity index (χ0) is 18.8. The smallest absolute Gasteiger partial charge is 0.214 e. The second kappa shape index (κ2) is 7.25. The number of benzene rings is 3. The molecule has 0 saturated heterocycles. The molecule has 0 fully saturated rings.